The molecule has 1 aliphatic heterocycles. The summed E-state index contributed by atoms with van der Waals surface area (Å²) in [6.07, 6.45) is 4.26. The first-order valence-corrected chi connectivity index (χ1v) is 5.31. The maximum absolute atomic E-state index is 11.4. The van der Waals surface area contributed by atoms with Gasteiger partial charge in [-0.15, -0.1) is 0 Å². The predicted octanol–water partition coefficient (Wildman–Crippen LogP) is 0.154. The third-order valence-electron chi connectivity index (χ3n) is 1.95. The Labute approximate surface area is 98.7 Å². The molecular formula is C9H7N3O4S. The van der Waals surface area contributed by atoms with Gasteiger partial charge in [0.1, 0.15) is 12.9 Å². The molecule has 1 aromatic heterocycles. The Bertz CT molecular complexity index is 594. The molecule has 0 aromatic carbocycles. The lowest BCUT2D eigenvalue weighted by Gasteiger charge is -1.98. The van der Waals surface area contributed by atoms with Gasteiger partial charge < -0.3 is 10.2 Å². The number of hydrogen-bond donors (Lipinski definition) is 2. The summed E-state index contributed by atoms with van der Waals surface area (Å²) in [5.74, 6) is -1.56. The summed E-state index contributed by atoms with van der Waals surface area (Å²) in [6.45, 7) is -0.568. The van der Waals surface area contributed by atoms with E-state index in [1.54, 1.807) is 0 Å². The van der Waals surface area contributed by atoms with E-state index in [0.717, 1.165) is 15.9 Å². The second-order valence-corrected chi connectivity index (χ2v) is 4.12. The van der Waals surface area contributed by atoms with Crippen molar-refractivity contribution in [2.45, 2.75) is 6.54 Å². The summed E-state index contributed by atoms with van der Waals surface area (Å²) in [5, 5.41) is 18.3. The van der Waals surface area contributed by atoms with E-state index in [9.17, 15) is 14.7 Å². The van der Waals surface area contributed by atoms with Crippen LogP contribution in [0, 0.1) is 0 Å². The van der Waals surface area contributed by atoms with Gasteiger partial charge in [-0.3, -0.25) is 14.2 Å². The molecule has 0 spiro atoms. The number of hydrogen-bond acceptors (Lipinski definition) is 6. The fraction of sp³-hybridized carbons (Fsp3) is 0.111. The largest absolute Gasteiger partial charge is 0.493 e. The van der Waals surface area contributed by atoms with Gasteiger partial charge in [-0.2, -0.15) is 0 Å². The van der Waals surface area contributed by atoms with Crippen molar-refractivity contribution in [3.05, 3.63) is 20.2 Å². The van der Waals surface area contributed by atoms with E-state index in [4.69, 9.17) is 5.11 Å². The molecule has 0 aliphatic carbocycles. The standard InChI is InChI=1S/C9H7N3O4S/c13-7(14)3-12-8(15)6(17-9(12)16)1-5-2-10-4-11-5/h1-2,4,15H,3H2,(H,13,14). The van der Waals surface area contributed by atoms with Crippen LogP contribution < -0.4 is 4.87 Å². The number of carbonyl (C=O) groups is 1. The summed E-state index contributed by atoms with van der Waals surface area (Å²) in [6, 6.07) is 0. The fourth-order valence-electron chi connectivity index (χ4n) is 1.23. The first-order chi connectivity index (χ1) is 8.08. The van der Waals surface area contributed by atoms with Crippen LogP contribution in [0.4, 0.5) is 0 Å². The van der Waals surface area contributed by atoms with E-state index in [1.165, 1.54) is 18.6 Å². The van der Waals surface area contributed by atoms with Gasteiger partial charge in [0.15, 0.2) is 0 Å². The van der Waals surface area contributed by atoms with Crippen LogP contribution in [0.1, 0.15) is 4.88 Å². The molecule has 1 aliphatic rings. The highest BCUT2D eigenvalue weighted by atomic mass is 32.1. The van der Waals surface area contributed by atoms with E-state index in [0.29, 0.717) is 5.70 Å². The zero-order valence-electron chi connectivity index (χ0n) is 8.40. The van der Waals surface area contributed by atoms with Crippen molar-refractivity contribution in [3.63, 3.8) is 0 Å². The maximum atomic E-state index is 11.4. The van der Waals surface area contributed by atoms with Crippen LogP contribution >= 0.6 is 11.3 Å². The van der Waals surface area contributed by atoms with E-state index < -0.39 is 17.4 Å². The molecule has 0 saturated heterocycles. The van der Waals surface area contributed by atoms with Crippen LogP contribution in [0.15, 0.2) is 20.5 Å². The number of aliphatic carboxylic acids is 1. The van der Waals surface area contributed by atoms with Gasteiger partial charge in [-0.1, -0.05) is 11.3 Å². The molecule has 88 valence electrons. The Morgan fingerprint density at radius 1 is 1.59 bits per heavy atom. The molecule has 0 fully saturated rings. The third-order valence-corrected chi connectivity index (χ3v) is 2.86. The van der Waals surface area contributed by atoms with Crippen molar-refractivity contribution in [2.75, 3.05) is 0 Å². The summed E-state index contributed by atoms with van der Waals surface area (Å²) in [4.78, 5) is 29.2. The van der Waals surface area contributed by atoms with Crippen LogP contribution in [0.5, 0.6) is 5.88 Å². The van der Waals surface area contributed by atoms with Crippen molar-refractivity contribution in [1.82, 2.24) is 4.57 Å². The van der Waals surface area contributed by atoms with Crippen LogP contribution in [-0.4, -0.2) is 33.3 Å². The lowest BCUT2D eigenvalue weighted by molar-refractivity contribution is -0.137. The SMILES string of the molecule is O=C(O)Cn1c(O)c(C=C2C=NC=N2)sc1=O. The van der Waals surface area contributed by atoms with Gasteiger partial charge in [0, 0.05) is 0 Å². The van der Waals surface area contributed by atoms with Gasteiger partial charge in [0.25, 0.3) is 0 Å². The number of carboxylic acid groups (broad SMARTS) is 1. The van der Waals surface area contributed by atoms with Gasteiger partial charge in [-0.05, 0) is 6.08 Å². The molecule has 2 N–H and O–H groups in total. The number of carboxylic acids is 1. The van der Waals surface area contributed by atoms with Crippen LogP contribution in [-0.2, 0) is 11.3 Å². The first-order valence-electron chi connectivity index (χ1n) is 4.49. The van der Waals surface area contributed by atoms with Crippen molar-refractivity contribution >= 4 is 35.9 Å². The molecule has 0 atom stereocenters. The molecule has 0 amide bonds. The highest BCUT2D eigenvalue weighted by Gasteiger charge is 2.15. The minimum Gasteiger partial charge on any atom is -0.493 e. The van der Waals surface area contributed by atoms with Crippen molar-refractivity contribution in [1.29, 1.82) is 0 Å². The zero-order valence-corrected chi connectivity index (χ0v) is 9.22. The van der Waals surface area contributed by atoms with Gasteiger partial charge in [0.05, 0.1) is 16.8 Å². The number of aromatic nitrogens is 1. The normalized spacial score (nSPS) is 15.9. The van der Waals surface area contributed by atoms with Crippen LogP contribution in [0.25, 0.3) is 6.08 Å². The van der Waals surface area contributed by atoms with E-state index in [2.05, 4.69) is 9.98 Å². The molecule has 1 aromatic rings. The Hall–Kier alpha value is -2.22. The second kappa shape index (κ2) is 4.34. The smallest absolute Gasteiger partial charge is 0.323 e. The minimum atomic E-state index is -1.19. The topological polar surface area (TPSA) is 104 Å². The Morgan fingerprint density at radius 2 is 2.35 bits per heavy atom. The highest BCUT2D eigenvalue weighted by molar-refractivity contribution is 7.10. The highest BCUT2D eigenvalue weighted by Crippen LogP contribution is 2.23. The average Bonchev–Trinajstić information content (AvgIpc) is 2.83. The van der Waals surface area contributed by atoms with Gasteiger partial charge in [-0.25, -0.2) is 9.98 Å². The van der Waals surface area contributed by atoms with E-state index >= 15 is 0 Å². The number of aliphatic imine (C=N–C) groups is 2. The maximum Gasteiger partial charge on any atom is 0.323 e. The van der Waals surface area contributed by atoms with Crippen LogP contribution in [0.2, 0.25) is 0 Å². The first kappa shape index (κ1) is 11.3. The molecule has 0 unspecified atom stereocenters. The second-order valence-electron chi connectivity index (χ2n) is 3.13. The molecule has 8 heteroatoms. The Kier molecular flexibility index (Phi) is 2.88. The summed E-state index contributed by atoms with van der Waals surface area (Å²) < 4.78 is 0.787. The molecule has 0 radical (unpaired) electrons. The predicted molar refractivity (Wildman–Crippen MR) is 62.8 cm³/mol. The third kappa shape index (κ3) is 2.31. The van der Waals surface area contributed by atoms with Gasteiger partial charge in [0.2, 0.25) is 5.88 Å². The number of allylic oxidation sites excluding steroid dienone is 1. The van der Waals surface area contributed by atoms with Crippen molar-refractivity contribution in [2.24, 2.45) is 9.98 Å². The lowest BCUT2D eigenvalue weighted by atomic mass is 10.4. The molecule has 0 bridgehead atoms. The number of rotatable bonds is 3. The number of nitrogens with zero attached hydrogens (tertiary/aromatic N) is 3. The van der Waals surface area contributed by atoms with Crippen molar-refractivity contribution in [3.8, 4) is 5.88 Å². The molecule has 2 rings (SSSR count). The quantitative estimate of drug-likeness (QED) is 0.800. The van der Waals surface area contributed by atoms with E-state index in [-0.39, 0.29) is 10.8 Å². The summed E-state index contributed by atoms with van der Waals surface area (Å²) >= 11 is 0.752. The fourth-order valence-corrected chi connectivity index (χ4v) is 2.07. The van der Waals surface area contributed by atoms with Gasteiger partial charge >= 0.3 is 10.8 Å². The van der Waals surface area contributed by atoms with E-state index in [1.807, 2.05) is 0 Å². The number of thiazole rings is 1. The summed E-state index contributed by atoms with van der Waals surface area (Å²) in [7, 11) is 0. The zero-order chi connectivity index (χ0) is 12.4. The number of aromatic hydroxyl groups is 1. The Morgan fingerprint density at radius 3 is 2.94 bits per heavy atom. The molecule has 7 nitrogen and oxygen atoms in total. The monoisotopic (exact) mass is 253 g/mol. The lowest BCUT2D eigenvalue weighted by Crippen LogP contribution is -2.18. The average molecular weight is 253 g/mol. The molecule has 0 saturated carbocycles. The van der Waals surface area contributed by atoms with Crippen molar-refractivity contribution < 1.29 is 15.0 Å². The van der Waals surface area contributed by atoms with Crippen LogP contribution in [0.3, 0.4) is 0 Å². The Balaban J connectivity index is 2.40. The molecular weight excluding hydrogens is 246 g/mol. The summed E-state index contributed by atoms with van der Waals surface area (Å²) in [5.41, 5.74) is 0.490. The molecule has 2 heterocycles. The molecule has 17 heavy (non-hydrogen) atoms. The minimum absolute atomic E-state index is 0.261.